The minimum atomic E-state index is -1.06. The largest absolute Gasteiger partial charge is 0.497 e. The Hall–Kier alpha value is -2.24. The number of nitrogens with one attached hydrogen (secondary N) is 1. The Morgan fingerprint density at radius 2 is 1.95 bits per heavy atom. The molecule has 0 heterocycles. The summed E-state index contributed by atoms with van der Waals surface area (Å²) in [5.41, 5.74) is 0.932. The molecule has 2 N–H and O–H groups in total. The molecule has 0 saturated heterocycles. The molecule has 1 aromatic rings. The van der Waals surface area contributed by atoms with Gasteiger partial charge < -0.3 is 20.1 Å². The first-order valence-corrected chi connectivity index (χ1v) is 5.81. The molecule has 0 aliphatic heterocycles. The molecule has 0 unspecified atom stereocenters. The fourth-order valence-electron chi connectivity index (χ4n) is 1.43. The molecule has 0 bridgehead atoms. The molecule has 1 aromatic carbocycles. The Kier molecular flexibility index (Phi) is 5.17. The highest BCUT2D eigenvalue weighted by Crippen LogP contribution is 2.12. The average Bonchev–Trinajstić information content (AvgIpc) is 2.39. The first kappa shape index (κ1) is 14.8. The highest BCUT2D eigenvalue weighted by molar-refractivity contribution is 5.82. The van der Waals surface area contributed by atoms with Crippen LogP contribution in [0.15, 0.2) is 24.3 Å². The number of amides is 2. The summed E-state index contributed by atoms with van der Waals surface area (Å²) >= 11 is 0. The van der Waals surface area contributed by atoms with Crippen molar-refractivity contribution in [2.24, 2.45) is 0 Å². The molecule has 19 heavy (non-hydrogen) atoms. The normalized spacial score (nSPS) is 11.5. The number of hydrogen-bond acceptors (Lipinski definition) is 3. The van der Waals surface area contributed by atoms with Crippen molar-refractivity contribution in [2.75, 3.05) is 14.2 Å². The summed E-state index contributed by atoms with van der Waals surface area (Å²) in [6.07, 6.45) is 0. The number of rotatable bonds is 5. The van der Waals surface area contributed by atoms with E-state index in [9.17, 15) is 9.59 Å². The van der Waals surface area contributed by atoms with Gasteiger partial charge >= 0.3 is 12.0 Å². The second kappa shape index (κ2) is 6.63. The van der Waals surface area contributed by atoms with Crippen LogP contribution in [0.4, 0.5) is 4.79 Å². The predicted octanol–water partition coefficient (Wildman–Crippen LogP) is 1.31. The zero-order valence-corrected chi connectivity index (χ0v) is 11.2. The third kappa shape index (κ3) is 4.50. The molecule has 0 aliphatic carbocycles. The number of urea groups is 1. The van der Waals surface area contributed by atoms with Gasteiger partial charge in [-0.25, -0.2) is 4.79 Å². The van der Waals surface area contributed by atoms with Gasteiger partial charge in [-0.15, -0.1) is 0 Å². The van der Waals surface area contributed by atoms with E-state index in [-0.39, 0.29) is 0 Å². The van der Waals surface area contributed by atoms with Crippen molar-refractivity contribution < 1.29 is 19.4 Å². The summed E-state index contributed by atoms with van der Waals surface area (Å²) in [7, 11) is 3.19. The zero-order valence-electron chi connectivity index (χ0n) is 11.2. The molecule has 104 valence electrons. The Morgan fingerprint density at radius 3 is 2.42 bits per heavy atom. The van der Waals surface area contributed by atoms with E-state index >= 15 is 0 Å². The molecule has 0 aromatic heterocycles. The lowest BCUT2D eigenvalue weighted by molar-refractivity contribution is -0.138. The molecular formula is C13H18N2O4. The first-order chi connectivity index (χ1) is 8.93. The summed E-state index contributed by atoms with van der Waals surface area (Å²) in [5.74, 6) is -0.318. The molecule has 1 atom stereocenters. The van der Waals surface area contributed by atoms with Gasteiger partial charge in [0.05, 0.1) is 7.11 Å². The molecule has 1 rings (SSSR count). The Labute approximate surface area is 112 Å². The molecule has 0 spiro atoms. The summed E-state index contributed by atoms with van der Waals surface area (Å²) in [4.78, 5) is 23.8. The number of carbonyl (C=O) groups excluding carboxylic acids is 1. The van der Waals surface area contributed by atoms with Gasteiger partial charge in [0, 0.05) is 13.6 Å². The van der Waals surface area contributed by atoms with Gasteiger partial charge in [0.15, 0.2) is 0 Å². The first-order valence-electron chi connectivity index (χ1n) is 5.81. The Bertz CT molecular complexity index is 444. The van der Waals surface area contributed by atoms with E-state index in [1.54, 1.807) is 26.3 Å². The maximum absolute atomic E-state index is 11.7. The number of benzene rings is 1. The summed E-state index contributed by atoms with van der Waals surface area (Å²) in [5, 5.41) is 11.1. The number of carbonyl (C=O) groups is 2. The van der Waals surface area contributed by atoms with Crippen LogP contribution in [0.3, 0.4) is 0 Å². The summed E-state index contributed by atoms with van der Waals surface area (Å²) < 4.78 is 5.04. The van der Waals surface area contributed by atoms with Crippen molar-refractivity contribution in [1.29, 1.82) is 0 Å². The minimum Gasteiger partial charge on any atom is -0.497 e. The molecule has 0 fully saturated rings. The van der Waals surface area contributed by atoms with Crippen LogP contribution >= 0.6 is 0 Å². The molecule has 6 nitrogen and oxygen atoms in total. The fourth-order valence-corrected chi connectivity index (χ4v) is 1.43. The minimum absolute atomic E-state index is 0.391. The number of hydrogen-bond donors (Lipinski definition) is 2. The number of ether oxygens (including phenoxy) is 1. The standard InChI is InChI=1S/C13H18N2O4/c1-9(12(16)17)14-13(18)15(2)8-10-4-6-11(19-3)7-5-10/h4-7,9H,8H2,1-3H3,(H,14,18)(H,16,17)/t9-/m0/s1. The van der Waals surface area contributed by atoms with Gasteiger partial charge in [0.1, 0.15) is 11.8 Å². The molecule has 6 heteroatoms. The smallest absolute Gasteiger partial charge is 0.325 e. The average molecular weight is 266 g/mol. The van der Waals surface area contributed by atoms with Crippen molar-refractivity contribution >= 4 is 12.0 Å². The van der Waals surface area contributed by atoms with Gasteiger partial charge in [-0.2, -0.15) is 0 Å². The fraction of sp³-hybridized carbons (Fsp3) is 0.385. The number of carboxylic acids is 1. The third-order valence-corrected chi connectivity index (χ3v) is 2.64. The van der Waals surface area contributed by atoms with Crippen molar-refractivity contribution in [3.8, 4) is 5.75 Å². The second-order valence-corrected chi connectivity index (χ2v) is 4.21. The summed E-state index contributed by atoms with van der Waals surface area (Å²) in [6.45, 7) is 1.81. The van der Waals surface area contributed by atoms with E-state index in [0.717, 1.165) is 11.3 Å². The van der Waals surface area contributed by atoms with Crippen LogP contribution in [0, 0.1) is 0 Å². The van der Waals surface area contributed by atoms with Gasteiger partial charge in [-0.05, 0) is 24.6 Å². The van der Waals surface area contributed by atoms with Crippen LogP contribution in [0.2, 0.25) is 0 Å². The lowest BCUT2D eigenvalue weighted by Gasteiger charge is -2.19. The lowest BCUT2D eigenvalue weighted by Crippen LogP contribution is -2.44. The van der Waals surface area contributed by atoms with E-state index in [0.29, 0.717) is 6.54 Å². The van der Waals surface area contributed by atoms with Crippen LogP contribution in [0.5, 0.6) is 5.75 Å². The topological polar surface area (TPSA) is 78.9 Å². The monoisotopic (exact) mass is 266 g/mol. The van der Waals surface area contributed by atoms with Crippen LogP contribution in [0.25, 0.3) is 0 Å². The van der Waals surface area contributed by atoms with Crippen molar-refractivity contribution in [2.45, 2.75) is 19.5 Å². The van der Waals surface area contributed by atoms with E-state index in [2.05, 4.69) is 5.32 Å². The highest BCUT2D eigenvalue weighted by Gasteiger charge is 2.16. The second-order valence-electron chi connectivity index (χ2n) is 4.21. The van der Waals surface area contributed by atoms with Gasteiger partial charge in [0.25, 0.3) is 0 Å². The number of methoxy groups -OCH3 is 1. The number of nitrogens with zero attached hydrogens (tertiary/aromatic N) is 1. The van der Waals surface area contributed by atoms with Crippen molar-refractivity contribution in [3.05, 3.63) is 29.8 Å². The Morgan fingerprint density at radius 1 is 1.37 bits per heavy atom. The third-order valence-electron chi connectivity index (χ3n) is 2.64. The Balaban J connectivity index is 2.55. The summed E-state index contributed by atoms with van der Waals surface area (Å²) in [6, 6.07) is 5.98. The molecule has 0 aliphatic rings. The van der Waals surface area contributed by atoms with Crippen molar-refractivity contribution in [3.63, 3.8) is 0 Å². The van der Waals surface area contributed by atoms with E-state index in [1.165, 1.54) is 11.8 Å². The maximum atomic E-state index is 11.7. The van der Waals surface area contributed by atoms with Gasteiger partial charge in [0.2, 0.25) is 0 Å². The van der Waals surface area contributed by atoms with Crippen LogP contribution in [0.1, 0.15) is 12.5 Å². The lowest BCUT2D eigenvalue weighted by atomic mass is 10.2. The maximum Gasteiger partial charge on any atom is 0.325 e. The quantitative estimate of drug-likeness (QED) is 0.842. The van der Waals surface area contributed by atoms with E-state index < -0.39 is 18.0 Å². The molecule has 0 saturated carbocycles. The highest BCUT2D eigenvalue weighted by atomic mass is 16.5. The van der Waals surface area contributed by atoms with Gasteiger partial charge in [-0.1, -0.05) is 12.1 Å². The van der Waals surface area contributed by atoms with E-state index in [1.807, 2.05) is 12.1 Å². The van der Waals surface area contributed by atoms with Crippen LogP contribution in [-0.2, 0) is 11.3 Å². The predicted molar refractivity (Wildman–Crippen MR) is 70.1 cm³/mol. The van der Waals surface area contributed by atoms with Crippen LogP contribution < -0.4 is 10.1 Å². The zero-order chi connectivity index (χ0) is 14.4. The number of aliphatic carboxylic acids is 1. The molecule has 0 radical (unpaired) electrons. The number of carboxylic acid groups (broad SMARTS) is 1. The molecule has 2 amide bonds. The SMILES string of the molecule is COc1ccc(CN(C)C(=O)N[C@@H](C)C(=O)O)cc1. The van der Waals surface area contributed by atoms with Gasteiger partial charge in [-0.3, -0.25) is 4.79 Å². The molecular weight excluding hydrogens is 248 g/mol. The van der Waals surface area contributed by atoms with Crippen LogP contribution in [-0.4, -0.2) is 42.2 Å². The van der Waals surface area contributed by atoms with Crippen molar-refractivity contribution in [1.82, 2.24) is 10.2 Å². The van der Waals surface area contributed by atoms with E-state index in [4.69, 9.17) is 9.84 Å².